The molecule has 0 bridgehead atoms. The molecule has 1 amide bonds. The average molecular weight is 263 g/mol. The summed E-state index contributed by atoms with van der Waals surface area (Å²) in [4.78, 5) is 24.6. The van der Waals surface area contributed by atoms with Gasteiger partial charge in [-0.05, 0) is 25.3 Å². The number of amides is 1. The van der Waals surface area contributed by atoms with Crippen molar-refractivity contribution < 1.29 is 14.7 Å². The molecule has 1 unspecified atom stereocenters. The van der Waals surface area contributed by atoms with Crippen LogP contribution in [0.15, 0.2) is 30.3 Å². The van der Waals surface area contributed by atoms with Gasteiger partial charge in [0, 0.05) is 13.5 Å². The Labute approximate surface area is 114 Å². The minimum absolute atomic E-state index is 0.0701. The van der Waals surface area contributed by atoms with Crippen LogP contribution in [0.2, 0.25) is 0 Å². The van der Waals surface area contributed by atoms with Crippen LogP contribution < -0.4 is 0 Å². The lowest BCUT2D eigenvalue weighted by Gasteiger charge is -2.32. The number of carboxylic acid groups (broad SMARTS) is 1. The fourth-order valence-electron chi connectivity index (χ4n) is 1.75. The lowest BCUT2D eigenvalue weighted by atomic mass is 9.95. The number of benzene rings is 1. The molecule has 0 aromatic heterocycles. The summed E-state index contributed by atoms with van der Waals surface area (Å²) >= 11 is 0. The summed E-state index contributed by atoms with van der Waals surface area (Å²) in [6.07, 6.45) is 0.303. The molecule has 1 aromatic carbocycles. The number of hydrogen-bond acceptors (Lipinski definition) is 2. The molecule has 0 aliphatic carbocycles. The Morgan fingerprint density at radius 2 is 1.79 bits per heavy atom. The fourth-order valence-corrected chi connectivity index (χ4v) is 1.75. The van der Waals surface area contributed by atoms with E-state index in [0.29, 0.717) is 6.42 Å². The Hall–Kier alpha value is -1.84. The lowest BCUT2D eigenvalue weighted by Crippen LogP contribution is -2.50. The van der Waals surface area contributed by atoms with E-state index in [1.54, 1.807) is 0 Å². The molecule has 0 radical (unpaired) electrons. The molecular formula is C15H21NO3. The summed E-state index contributed by atoms with van der Waals surface area (Å²) in [6.45, 7) is 5.02. The van der Waals surface area contributed by atoms with E-state index >= 15 is 0 Å². The minimum atomic E-state index is -1.19. The number of likely N-dealkylation sites (N-methyl/N-ethyl adjacent to an activating group) is 1. The van der Waals surface area contributed by atoms with Crippen LogP contribution in [0.5, 0.6) is 0 Å². The van der Waals surface area contributed by atoms with E-state index in [1.165, 1.54) is 25.8 Å². The largest absolute Gasteiger partial charge is 0.480 e. The second-order valence-electron chi connectivity index (χ2n) is 5.33. The summed E-state index contributed by atoms with van der Waals surface area (Å²) in [5, 5.41) is 9.12. The van der Waals surface area contributed by atoms with Gasteiger partial charge in [-0.1, -0.05) is 37.3 Å². The van der Waals surface area contributed by atoms with Gasteiger partial charge in [0.25, 0.3) is 0 Å². The molecule has 1 rings (SSSR count). The van der Waals surface area contributed by atoms with Crippen LogP contribution >= 0.6 is 0 Å². The minimum Gasteiger partial charge on any atom is -0.480 e. The second-order valence-corrected chi connectivity index (χ2v) is 5.33. The Morgan fingerprint density at radius 1 is 1.26 bits per heavy atom. The molecule has 0 saturated heterocycles. The van der Waals surface area contributed by atoms with Crippen LogP contribution in [0.25, 0.3) is 0 Å². The van der Waals surface area contributed by atoms with Crippen molar-refractivity contribution in [2.75, 3.05) is 7.05 Å². The van der Waals surface area contributed by atoms with Crippen LogP contribution in [0, 0.1) is 0 Å². The first kappa shape index (κ1) is 15.2. The van der Waals surface area contributed by atoms with Crippen molar-refractivity contribution in [1.82, 2.24) is 4.90 Å². The zero-order valence-electron chi connectivity index (χ0n) is 11.9. The standard InChI is InChI=1S/C15H21NO3/c1-11(12-8-6-5-7-9-12)10-13(17)16(4)15(2,3)14(18)19/h5-9,11H,10H2,1-4H3,(H,18,19). The average Bonchev–Trinajstić information content (AvgIpc) is 2.38. The summed E-state index contributed by atoms with van der Waals surface area (Å²) in [5.41, 5.74) is -0.106. The van der Waals surface area contributed by atoms with Crippen molar-refractivity contribution in [1.29, 1.82) is 0 Å². The van der Waals surface area contributed by atoms with Crippen LogP contribution in [0.4, 0.5) is 0 Å². The fraction of sp³-hybridized carbons (Fsp3) is 0.467. The molecule has 0 aliphatic rings. The zero-order valence-corrected chi connectivity index (χ0v) is 11.9. The molecule has 0 aliphatic heterocycles. The molecule has 1 N–H and O–H groups in total. The van der Waals surface area contributed by atoms with Gasteiger partial charge in [0.05, 0.1) is 0 Å². The van der Waals surface area contributed by atoms with E-state index in [2.05, 4.69) is 0 Å². The number of carbonyl (C=O) groups is 2. The third-order valence-corrected chi connectivity index (χ3v) is 3.59. The predicted octanol–water partition coefficient (Wildman–Crippen LogP) is 2.50. The molecule has 1 aromatic rings. The molecule has 4 nitrogen and oxygen atoms in total. The zero-order chi connectivity index (χ0) is 14.6. The monoisotopic (exact) mass is 263 g/mol. The maximum absolute atomic E-state index is 12.1. The van der Waals surface area contributed by atoms with E-state index in [-0.39, 0.29) is 11.8 Å². The molecule has 0 spiro atoms. The van der Waals surface area contributed by atoms with Gasteiger partial charge in [-0.15, -0.1) is 0 Å². The van der Waals surface area contributed by atoms with Gasteiger partial charge >= 0.3 is 5.97 Å². The van der Waals surface area contributed by atoms with Crippen molar-refractivity contribution in [3.63, 3.8) is 0 Å². The highest BCUT2D eigenvalue weighted by Gasteiger charge is 2.35. The summed E-state index contributed by atoms with van der Waals surface area (Å²) in [6, 6.07) is 9.74. The third kappa shape index (κ3) is 3.56. The molecule has 0 fully saturated rings. The summed E-state index contributed by atoms with van der Waals surface area (Å²) in [7, 11) is 1.54. The van der Waals surface area contributed by atoms with Crippen molar-refractivity contribution in [3.05, 3.63) is 35.9 Å². The second kappa shape index (κ2) is 5.87. The number of nitrogens with zero attached hydrogens (tertiary/aromatic N) is 1. The van der Waals surface area contributed by atoms with E-state index in [0.717, 1.165) is 5.56 Å². The normalized spacial score (nSPS) is 12.8. The molecule has 19 heavy (non-hydrogen) atoms. The molecule has 4 heteroatoms. The van der Waals surface area contributed by atoms with Gasteiger partial charge < -0.3 is 10.0 Å². The number of rotatable bonds is 5. The number of aliphatic carboxylic acids is 1. The van der Waals surface area contributed by atoms with Crippen molar-refractivity contribution in [2.45, 2.75) is 38.6 Å². The van der Waals surface area contributed by atoms with Crippen LogP contribution in [-0.4, -0.2) is 34.5 Å². The lowest BCUT2D eigenvalue weighted by molar-refractivity contribution is -0.155. The quantitative estimate of drug-likeness (QED) is 0.888. The van der Waals surface area contributed by atoms with Crippen LogP contribution in [0.1, 0.15) is 38.7 Å². The van der Waals surface area contributed by atoms with Gasteiger partial charge in [-0.25, -0.2) is 4.79 Å². The SMILES string of the molecule is CC(CC(=O)N(C)C(C)(C)C(=O)O)c1ccccc1. The van der Waals surface area contributed by atoms with Crippen molar-refractivity contribution in [2.24, 2.45) is 0 Å². The Morgan fingerprint density at radius 3 is 2.26 bits per heavy atom. The van der Waals surface area contributed by atoms with Gasteiger partial charge in [0.15, 0.2) is 0 Å². The molecule has 0 saturated carbocycles. The molecule has 0 heterocycles. The Kier molecular flexibility index (Phi) is 4.70. The molecule has 104 valence electrons. The number of carboxylic acids is 1. The highest BCUT2D eigenvalue weighted by Crippen LogP contribution is 2.22. The predicted molar refractivity (Wildman–Crippen MR) is 74.0 cm³/mol. The summed E-state index contributed by atoms with van der Waals surface area (Å²) in [5.74, 6) is -1.10. The van der Waals surface area contributed by atoms with Crippen LogP contribution in [0.3, 0.4) is 0 Å². The third-order valence-electron chi connectivity index (χ3n) is 3.59. The van der Waals surface area contributed by atoms with E-state index in [9.17, 15) is 9.59 Å². The summed E-state index contributed by atoms with van der Waals surface area (Å²) < 4.78 is 0. The van der Waals surface area contributed by atoms with Crippen molar-refractivity contribution >= 4 is 11.9 Å². The Bertz CT molecular complexity index is 454. The van der Waals surface area contributed by atoms with Gasteiger partial charge in [0.1, 0.15) is 5.54 Å². The van der Waals surface area contributed by atoms with Crippen LogP contribution in [-0.2, 0) is 9.59 Å². The smallest absolute Gasteiger partial charge is 0.329 e. The maximum atomic E-state index is 12.1. The van der Waals surface area contributed by atoms with E-state index < -0.39 is 11.5 Å². The highest BCUT2D eigenvalue weighted by molar-refractivity contribution is 5.86. The van der Waals surface area contributed by atoms with Crippen molar-refractivity contribution in [3.8, 4) is 0 Å². The number of carbonyl (C=O) groups excluding carboxylic acids is 1. The van der Waals surface area contributed by atoms with Gasteiger partial charge in [-0.3, -0.25) is 4.79 Å². The maximum Gasteiger partial charge on any atom is 0.329 e. The van der Waals surface area contributed by atoms with Gasteiger partial charge in [0.2, 0.25) is 5.91 Å². The first-order valence-corrected chi connectivity index (χ1v) is 6.31. The van der Waals surface area contributed by atoms with E-state index in [1.807, 2.05) is 37.3 Å². The first-order chi connectivity index (χ1) is 8.76. The highest BCUT2D eigenvalue weighted by atomic mass is 16.4. The van der Waals surface area contributed by atoms with Gasteiger partial charge in [-0.2, -0.15) is 0 Å². The number of hydrogen-bond donors (Lipinski definition) is 1. The topological polar surface area (TPSA) is 57.6 Å². The first-order valence-electron chi connectivity index (χ1n) is 6.31. The Balaban J connectivity index is 2.73. The molecule has 1 atom stereocenters. The molecular weight excluding hydrogens is 242 g/mol. The van der Waals surface area contributed by atoms with E-state index in [4.69, 9.17) is 5.11 Å².